The highest BCUT2D eigenvalue weighted by molar-refractivity contribution is 5.93. The largest absolute Gasteiger partial charge is 0.334 e. The molecule has 0 heterocycles. The van der Waals surface area contributed by atoms with Crippen LogP contribution in [0.3, 0.4) is 0 Å². The predicted octanol–water partition coefficient (Wildman–Crippen LogP) is 1.53. The van der Waals surface area contributed by atoms with Gasteiger partial charge in [0.15, 0.2) is 0 Å². The van der Waals surface area contributed by atoms with Crippen LogP contribution in [0.4, 0.5) is 16.2 Å². The quantitative estimate of drug-likeness (QED) is 0.593. The van der Waals surface area contributed by atoms with Crippen molar-refractivity contribution in [3.63, 3.8) is 0 Å². The molecule has 0 aromatic heterocycles. The molecule has 0 saturated carbocycles. The maximum absolute atomic E-state index is 11.6. The standard InChI is InChI=1S/C14H20N4O2/c1-3-8-16-14(20)18-12-6-4-11(5-7-12)17-13(19)10(2)9-15/h3-7,10H,1,8-9,15H2,2H3,(H,17,19)(H2,16,18,20). The first-order valence-electron chi connectivity index (χ1n) is 6.33. The number of carbonyl (C=O) groups excluding carboxylic acids is 2. The minimum Gasteiger partial charge on any atom is -0.334 e. The molecule has 1 aromatic carbocycles. The third kappa shape index (κ3) is 5.11. The van der Waals surface area contributed by atoms with Crippen molar-refractivity contribution in [3.8, 4) is 0 Å². The van der Waals surface area contributed by atoms with E-state index < -0.39 is 0 Å². The summed E-state index contributed by atoms with van der Waals surface area (Å²) in [5.74, 6) is -0.366. The number of amides is 3. The first-order chi connectivity index (χ1) is 9.56. The SMILES string of the molecule is C=CCNC(=O)Nc1ccc(NC(=O)C(C)CN)cc1. The number of carbonyl (C=O) groups is 2. The minimum atomic E-state index is -0.307. The molecule has 6 nitrogen and oxygen atoms in total. The van der Waals surface area contributed by atoms with Crippen LogP contribution in [0.15, 0.2) is 36.9 Å². The molecule has 3 amide bonds. The first kappa shape index (κ1) is 15.7. The van der Waals surface area contributed by atoms with Gasteiger partial charge in [0.05, 0.1) is 0 Å². The number of anilines is 2. The van der Waals surface area contributed by atoms with Gasteiger partial charge in [-0.25, -0.2) is 4.79 Å². The summed E-state index contributed by atoms with van der Waals surface area (Å²) in [7, 11) is 0. The molecule has 0 saturated heterocycles. The van der Waals surface area contributed by atoms with Crippen molar-refractivity contribution in [1.29, 1.82) is 0 Å². The Morgan fingerprint density at radius 1 is 1.25 bits per heavy atom. The second-order valence-electron chi connectivity index (χ2n) is 4.33. The van der Waals surface area contributed by atoms with Crippen molar-refractivity contribution in [2.24, 2.45) is 11.7 Å². The van der Waals surface area contributed by atoms with Crippen LogP contribution in [0, 0.1) is 5.92 Å². The molecule has 5 N–H and O–H groups in total. The summed E-state index contributed by atoms with van der Waals surface area (Å²) in [5, 5.41) is 8.01. The Hall–Kier alpha value is -2.34. The second-order valence-corrected chi connectivity index (χ2v) is 4.33. The van der Waals surface area contributed by atoms with E-state index in [1.54, 1.807) is 37.3 Å². The van der Waals surface area contributed by atoms with E-state index in [0.717, 1.165) is 0 Å². The normalized spacial score (nSPS) is 11.3. The van der Waals surface area contributed by atoms with Crippen LogP contribution in [0.25, 0.3) is 0 Å². The highest BCUT2D eigenvalue weighted by Crippen LogP contribution is 2.14. The Morgan fingerprint density at radius 2 is 1.80 bits per heavy atom. The summed E-state index contributed by atoms with van der Waals surface area (Å²) in [5.41, 5.74) is 6.72. The maximum atomic E-state index is 11.6. The third-order valence-electron chi connectivity index (χ3n) is 2.62. The van der Waals surface area contributed by atoms with Gasteiger partial charge in [-0.3, -0.25) is 4.79 Å². The monoisotopic (exact) mass is 276 g/mol. The van der Waals surface area contributed by atoms with Gasteiger partial charge in [0.25, 0.3) is 0 Å². The number of urea groups is 1. The van der Waals surface area contributed by atoms with Crippen molar-refractivity contribution >= 4 is 23.3 Å². The van der Waals surface area contributed by atoms with Crippen molar-refractivity contribution in [1.82, 2.24) is 5.32 Å². The zero-order valence-corrected chi connectivity index (χ0v) is 11.5. The molecule has 1 rings (SSSR count). The third-order valence-corrected chi connectivity index (χ3v) is 2.62. The zero-order valence-electron chi connectivity index (χ0n) is 11.5. The van der Waals surface area contributed by atoms with Gasteiger partial charge < -0.3 is 21.7 Å². The van der Waals surface area contributed by atoms with Crippen LogP contribution in [0.1, 0.15) is 6.92 Å². The average molecular weight is 276 g/mol. The maximum Gasteiger partial charge on any atom is 0.319 e. The highest BCUT2D eigenvalue weighted by Gasteiger charge is 2.10. The fourth-order valence-electron chi connectivity index (χ4n) is 1.35. The lowest BCUT2D eigenvalue weighted by atomic mass is 10.1. The number of hydrogen-bond acceptors (Lipinski definition) is 3. The highest BCUT2D eigenvalue weighted by atomic mass is 16.2. The van der Waals surface area contributed by atoms with Gasteiger partial charge in [-0.05, 0) is 24.3 Å². The van der Waals surface area contributed by atoms with Crippen LogP contribution in [0.2, 0.25) is 0 Å². The Bertz CT molecular complexity index is 471. The molecule has 108 valence electrons. The van der Waals surface area contributed by atoms with Crippen LogP contribution in [0.5, 0.6) is 0 Å². The van der Waals surface area contributed by atoms with Gasteiger partial charge in [0.2, 0.25) is 5.91 Å². The van der Waals surface area contributed by atoms with Crippen LogP contribution in [-0.4, -0.2) is 25.0 Å². The molecule has 0 radical (unpaired) electrons. The van der Waals surface area contributed by atoms with E-state index >= 15 is 0 Å². The topological polar surface area (TPSA) is 96.2 Å². The number of nitrogens with two attached hydrogens (primary N) is 1. The number of hydrogen-bond donors (Lipinski definition) is 4. The molecule has 1 unspecified atom stereocenters. The average Bonchev–Trinajstić information content (AvgIpc) is 2.46. The van der Waals surface area contributed by atoms with Crippen molar-refractivity contribution in [3.05, 3.63) is 36.9 Å². The van der Waals surface area contributed by atoms with E-state index in [-0.39, 0.29) is 17.9 Å². The Labute approximate surface area is 118 Å². The molecule has 6 heteroatoms. The van der Waals surface area contributed by atoms with Gasteiger partial charge in [-0.15, -0.1) is 6.58 Å². The predicted molar refractivity (Wildman–Crippen MR) is 80.5 cm³/mol. The molecule has 0 bridgehead atoms. The molecule has 1 aromatic rings. The molecule has 0 spiro atoms. The van der Waals surface area contributed by atoms with Gasteiger partial charge in [0, 0.05) is 30.4 Å². The molecule has 0 aliphatic heterocycles. The summed E-state index contributed by atoms with van der Waals surface area (Å²) in [6.45, 7) is 5.97. The van der Waals surface area contributed by atoms with Gasteiger partial charge in [0.1, 0.15) is 0 Å². The lowest BCUT2D eigenvalue weighted by molar-refractivity contribution is -0.119. The van der Waals surface area contributed by atoms with E-state index in [1.165, 1.54) is 0 Å². The molecule has 0 aliphatic rings. The summed E-state index contributed by atoms with van der Waals surface area (Å²) in [6, 6.07) is 6.53. The minimum absolute atomic E-state index is 0.128. The molecule has 1 atom stereocenters. The van der Waals surface area contributed by atoms with Gasteiger partial charge in [-0.2, -0.15) is 0 Å². The smallest absolute Gasteiger partial charge is 0.319 e. The summed E-state index contributed by atoms with van der Waals surface area (Å²) >= 11 is 0. The summed E-state index contributed by atoms with van der Waals surface area (Å²) in [4.78, 5) is 23.1. The van der Waals surface area contributed by atoms with E-state index in [9.17, 15) is 9.59 Å². The van der Waals surface area contributed by atoms with E-state index in [2.05, 4.69) is 22.5 Å². The van der Waals surface area contributed by atoms with Crippen LogP contribution >= 0.6 is 0 Å². The molecular formula is C14H20N4O2. The molecule has 0 fully saturated rings. The van der Waals surface area contributed by atoms with Crippen molar-refractivity contribution in [2.75, 3.05) is 23.7 Å². The molecule has 20 heavy (non-hydrogen) atoms. The Balaban J connectivity index is 2.54. The summed E-state index contributed by atoms with van der Waals surface area (Å²) < 4.78 is 0. The lowest BCUT2D eigenvalue weighted by Gasteiger charge is -2.11. The number of rotatable bonds is 6. The second kappa shape index (κ2) is 7.96. The summed E-state index contributed by atoms with van der Waals surface area (Å²) in [6.07, 6.45) is 1.59. The zero-order chi connectivity index (χ0) is 15.0. The lowest BCUT2D eigenvalue weighted by Crippen LogP contribution is -2.28. The fraction of sp³-hybridized carbons (Fsp3) is 0.286. The van der Waals surface area contributed by atoms with E-state index in [1.807, 2.05) is 0 Å². The van der Waals surface area contributed by atoms with E-state index in [4.69, 9.17) is 5.73 Å². The van der Waals surface area contributed by atoms with Crippen LogP contribution < -0.4 is 21.7 Å². The van der Waals surface area contributed by atoms with Crippen molar-refractivity contribution in [2.45, 2.75) is 6.92 Å². The first-order valence-corrected chi connectivity index (χ1v) is 6.33. The number of benzene rings is 1. The van der Waals surface area contributed by atoms with Gasteiger partial charge >= 0.3 is 6.03 Å². The molecular weight excluding hydrogens is 256 g/mol. The van der Waals surface area contributed by atoms with Crippen LogP contribution in [-0.2, 0) is 4.79 Å². The van der Waals surface area contributed by atoms with E-state index in [0.29, 0.717) is 24.5 Å². The van der Waals surface area contributed by atoms with Gasteiger partial charge in [-0.1, -0.05) is 13.0 Å². The Kier molecular flexibility index (Phi) is 6.25. The Morgan fingerprint density at radius 3 is 2.30 bits per heavy atom. The molecule has 0 aliphatic carbocycles. The van der Waals surface area contributed by atoms with Crippen molar-refractivity contribution < 1.29 is 9.59 Å². The fourth-order valence-corrected chi connectivity index (χ4v) is 1.35. The number of nitrogens with one attached hydrogen (secondary N) is 3.